The van der Waals surface area contributed by atoms with Crippen LogP contribution in [-0.4, -0.2) is 41.6 Å². The molecule has 0 aliphatic carbocycles. The quantitative estimate of drug-likeness (QED) is 0.243. The summed E-state index contributed by atoms with van der Waals surface area (Å²) in [6, 6.07) is 0. The number of rotatable bonds is 19. The zero-order valence-corrected chi connectivity index (χ0v) is 22.0. The standard InChI is InChI=1S/C26H48N4O4/c1-6-7-15-30(16-14-25(29)33)26(34)22(21(17-18(2)3)10-13-24(28)32)11-8-20(19(4)5)9-12-23(27)31/h18-20H,6-17H2,1-5H3,(H2,27,31)(H2,28,32)(H2,29,33). The van der Waals surface area contributed by atoms with Crippen molar-refractivity contribution in [1.29, 1.82) is 0 Å². The summed E-state index contributed by atoms with van der Waals surface area (Å²) in [6.07, 6.45) is 5.45. The van der Waals surface area contributed by atoms with Crippen molar-refractivity contribution in [2.45, 2.75) is 98.8 Å². The van der Waals surface area contributed by atoms with Gasteiger partial charge in [-0.2, -0.15) is 0 Å². The molecule has 0 aliphatic rings. The number of hydrogen-bond acceptors (Lipinski definition) is 4. The van der Waals surface area contributed by atoms with E-state index in [9.17, 15) is 19.2 Å². The van der Waals surface area contributed by atoms with Gasteiger partial charge in [-0.1, -0.05) is 46.6 Å². The van der Waals surface area contributed by atoms with Gasteiger partial charge in [-0.25, -0.2) is 0 Å². The number of unbranched alkanes of at least 4 members (excludes halogenated alkanes) is 1. The first-order valence-electron chi connectivity index (χ1n) is 12.7. The number of nitrogens with two attached hydrogens (primary N) is 3. The summed E-state index contributed by atoms with van der Waals surface area (Å²) < 4.78 is 0. The Morgan fingerprint density at radius 3 is 1.76 bits per heavy atom. The lowest BCUT2D eigenvalue weighted by molar-refractivity contribution is -0.128. The molecule has 0 aromatic carbocycles. The van der Waals surface area contributed by atoms with Crippen molar-refractivity contribution in [1.82, 2.24) is 4.90 Å². The van der Waals surface area contributed by atoms with Crippen LogP contribution in [0.1, 0.15) is 98.8 Å². The molecule has 1 atom stereocenters. The van der Waals surface area contributed by atoms with Crippen LogP contribution in [0.5, 0.6) is 0 Å². The van der Waals surface area contributed by atoms with Crippen molar-refractivity contribution in [3.8, 4) is 0 Å². The third-order valence-corrected chi connectivity index (χ3v) is 6.18. The minimum Gasteiger partial charge on any atom is -0.370 e. The molecule has 0 aromatic rings. The highest BCUT2D eigenvalue weighted by atomic mass is 16.2. The van der Waals surface area contributed by atoms with E-state index >= 15 is 0 Å². The minimum atomic E-state index is -0.442. The highest BCUT2D eigenvalue weighted by molar-refractivity contribution is 5.94. The van der Waals surface area contributed by atoms with Gasteiger partial charge in [0.1, 0.15) is 0 Å². The van der Waals surface area contributed by atoms with Gasteiger partial charge >= 0.3 is 0 Å². The van der Waals surface area contributed by atoms with Crippen molar-refractivity contribution < 1.29 is 19.2 Å². The Morgan fingerprint density at radius 2 is 1.29 bits per heavy atom. The third-order valence-electron chi connectivity index (χ3n) is 6.18. The highest BCUT2D eigenvalue weighted by Crippen LogP contribution is 2.30. The summed E-state index contributed by atoms with van der Waals surface area (Å²) in [4.78, 5) is 49.8. The van der Waals surface area contributed by atoms with Gasteiger partial charge in [-0.15, -0.1) is 0 Å². The number of nitrogens with zero attached hydrogens (tertiary/aromatic N) is 1. The van der Waals surface area contributed by atoms with Crippen LogP contribution >= 0.6 is 0 Å². The second kappa shape index (κ2) is 17.1. The lowest BCUT2D eigenvalue weighted by Gasteiger charge is -2.27. The van der Waals surface area contributed by atoms with Gasteiger partial charge in [0.25, 0.3) is 0 Å². The Hall–Kier alpha value is -2.38. The number of amides is 4. The second-order valence-electron chi connectivity index (χ2n) is 10.1. The van der Waals surface area contributed by atoms with Crippen molar-refractivity contribution in [2.75, 3.05) is 13.1 Å². The molecule has 196 valence electrons. The predicted molar refractivity (Wildman–Crippen MR) is 136 cm³/mol. The number of allylic oxidation sites excluding steroid dienone is 1. The summed E-state index contributed by atoms with van der Waals surface area (Å²) in [7, 11) is 0. The van der Waals surface area contributed by atoms with E-state index in [2.05, 4.69) is 34.6 Å². The molecule has 0 rings (SSSR count). The van der Waals surface area contributed by atoms with E-state index in [1.807, 2.05) is 0 Å². The van der Waals surface area contributed by atoms with Gasteiger partial charge in [-0.3, -0.25) is 19.2 Å². The normalized spacial score (nSPS) is 13.0. The first-order chi connectivity index (χ1) is 15.9. The monoisotopic (exact) mass is 480 g/mol. The number of hydrogen-bond donors (Lipinski definition) is 3. The SMILES string of the molecule is CCCCN(CCC(N)=O)C(=O)C(CCC(CCC(N)=O)C(C)C)=C(CCC(N)=O)CC(C)C. The topological polar surface area (TPSA) is 150 Å². The van der Waals surface area contributed by atoms with E-state index in [0.717, 1.165) is 24.8 Å². The van der Waals surface area contributed by atoms with E-state index in [1.54, 1.807) is 4.90 Å². The highest BCUT2D eigenvalue weighted by Gasteiger charge is 2.24. The van der Waals surface area contributed by atoms with E-state index < -0.39 is 11.8 Å². The van der Waals surface area contributed by atoms with Gasteiger partial charge in [0.15, 0.2) is 0 Å². The molecule has 0 aromatic heterocycles. The van der Waals surface area contributed by atoms with Crippen LogP contribution in [0.4, 0.5) is 0 Å². The van der Waals surface area contributed by atoms with Crippen LogP contribution in [-0.2, 0) is 19.2 Å². The molecule has 0 heterocycles. The fourth-order valence-electron chi connectivity index (χ4n) is 4.15. The van der Waals surface area contributed by atoms with Crippen molar-refractivity contribution in [2.24, 2.45) is 35.0 Å². The summed E-state index contributed by atoms with van der Waals surface area (Å²) in [6.45, 7) is 11.3. The molecule has 0 saturated heterocycles. The summed E-state index contributed by atoms with van der Waals surface area (Å²) >= 11 is 0. The van der Waals surface area contributed by atoms with Crippen LogP contribution in [0.25, 0.3) is 0 Å². The van der Waals surface area contributed by atoms with E-state index in [-0.39, 0.29) is 37.1 Å². The van der Waals surface area contributed by atoms with Gasteiger partial charge in [0.05, 0.1) is 0 Å². The first-order valence-corrected chi connectivity index (χ1v) is 12.7. The fraction of sp³-hybridized carbons (Fsp3) is 0.769. The molecule has 1 unspecified atom stereocenters. The van der Waals surface area contributed by atoms with E-state index in [4.69, 9.17) is 17.2 Å². The maximum atomic E-state index is 13.8. The van der Waals surface area contributed by atoms with Crippen LogP contribution in [0.3, 0.4) is 0 Å². The van der Waals surface area contributed by atoms with Crippen molar-refractivity contribution in [3.05, 3.63) is 11.1 Å². The third kappa shape index (κ3) is 14.0. The Morgan fingerprint density at radius 1 is 0.735 bits per heavy atom. The van der Waals surface area contributed by atoms with E-state index in [1.165, 1.54) is 0 Å². The zero-order valence-electron chi connectivity index (χ0n) is 22.0. The van der Waals surface area contributed by atoms with Crippen LogP contribution in [0, 0.1) is 17.8 Å². The second-order valence-corrected chi connectivity index (χ2v) is 10.1. The maximum absolute atomic E-state index is 13.8. The molecular formula is C26H48N4O4. The lowest BCUT2D eigenvalue weighted by Crippen LogP contribution is -2.36. The summed E-state index contributed by atoms with van der Waals surface area (Å²) in [5.41, 5.74) is 17.8. The molecule has 4 amide bonds. The molecule has 0 spiro atoms. The molecule has 6 N–H and O–H groups in total. The Balaban J connectivity index is 6.14. The lowest BCUT2D eigenvalue weighted by atomic mass is 9.83. The average Bonchev–Trinajstić information content (AvgIpc) is 2.72. The molecule has 0 fully saturated rings. The van der Waals surface area contributed by atoms with Crippen LogP contribution in [0.15, 0.2) is 11.1 Å². The van der Waals surface area contributed by atoms with Crippen LogP contribution < -0.4 is 17.2 Å². The van der Waals surface area contributed by atoms with E-state index in [0.29, 0.717) is 56.1 Å². The van der Waals surface area contributed by atoms with Gasteiger partial charge in [-0.05, 0) is 56.3 Å². The summed E-state index contributed by atoms with van der Waals surface area (Å²) in [5.74, 6) is -0.379. The Kier molecular flexibility index (Phi) is 15.9. The molecule has 8 nitrogen and oxygen atoms in total. The summed E-state index contributed by atoms with van der Waals surface area (Å²) in [5, 5.41) is 0. The largest absolute Gasteiger partial charge is 0.370 e. The molecule has 8 heteroatoms. The van der Waals surface area contributed by atoms with Gasteiger partial charge < -0.3 is 22.1 Å². The van der Waals surface area contributed by atoms with Crippen LogP contribution in [0.2, 0.25) is 0 Å². The van der Waals surface area contributed by atoms with Crippen molar-refractivity contribution in [3.63, 3.8) is 0 Å². The van der Waals surface area contributed by atoms with Gasteiger partial charge in [0.2, 0.25) is 23.6 Å². The number of primary amides is 3. The maximum Gasteiger partial charge on any atom is 0.249 e. The molecular weight excluding hydrogens is 432 g/mol. The molecule has 0 aliphatic heterocycles. The Bertz CT molecular complexity index is 701. The molecule has 0 saturated carbocycles. The first kappa shape index (κ1) is 31.6. The molecule has 34 heavy (non-hydrogen) atoms. The number of carbonyl (C=O) groups excluding carboxylic acids is 4. The molecule has 0 bridgehead atoms. The average molecular weight is 481 g/mol. The minimum absolute atomic E-state index is 0.0905. The Labute approximate surface area is 206 Å². The molecule has 0 radical (unpaired) electrons. The smallest absolute Gasteiger partial charge is 0.249 e. The fourth-order valence-corrected chi connectivity index (χ4v) is 4.15. The zero-order chi connectivity index (χ0) is 26.3. The predicted octanol–water partition coefficient (Wildman–Crippen LogP) is 3.42. The van der Waals surface area contributed by atoms with Crippen molar-refractivity contribution >= 4 is 23.6 Å². The number of carbonyl (C=O) groups is 4. The van der Waals surface area contributed by atoms with Gasteiger partial charge in [0, 0.05) is 37.9 Å².